The van der Waals surface area contributed by atoms with Crippen LogP contribution >= 0.6 is 0 Å². The summed E-state index contributed by atoms with van der Waals surface area (Å²) in [6.45, 7) is 1.98. The number of nitrogens with one attached hydrogen (secondary N) is 3. The quantitative estimate of drug-likeness (QED) is 0.233. The fourth-order valence-corrected chi connectivity index (χ4v) is 3.97. The lowest BCUT2D eigenvalue weighted by molar-refractivity contribution is 0.0961. The van der Waals surface area contributed by atoms with Gasteiger partial charge < -0.3 is 21.1 Å². The van der Waals surface area contributed by atoms with E-state index in [0.29, 0.717) is 12.0 Å². The molecule has 0 aromatic heterocycles. The van der Waals surface area contributed by atoms with E-state index in [-0.39, 0.29) is 34.4 Å². The summed E-state index contributed by atoms with van der Waals surface area (Å²) < 4.78 is 0. The lowest BCUT2D eigenvalue weighted by Crippen LogP contribution is -2.37. The Kier molecular flexibility index (Phi) is 6.45. The molecule has 0 aliphatic carbocycles. The Morgan fingerprint density at radius 1 is 0.882 bits per heavy atom. The zero-order valence-corrected chi connectivity index (χ0v) is 18.9. The minimum absolute atomic E-state index is 0.0602. The van der Waals surface area contributed by atoms with Crippen molar-refractivity contribution in [2.75, 3.05) is 17.7 Å². The van der Waals surface area contributed by atoms with Crippen LogP contribution in [0.25, 0.3) is 11.1 Å². The van der Waals surface area contributed by atoms with Gasteiger partial charge in [0.2, 0.25) is 0 Å². The van der Waals surface area contributed by atoms with Gasteiger partial charge in [0, 0.05) is 7.05 Å². The Hall–Kier alpha value is -4.39. The highest BCUT2D eigenvalue weighted by Crippen LogP contribution is 2.38. The number of phenolic OH excluding ortho intramolecular Hbond substituents is 1. The molecule has 4 aromatic carbocycles. The highest BCUT2D eigenvalue weighted by Gasteiger charge is 2.26. The first kappa shape index (κ1) is 22.8. The maximum Gasteiger partial charge on any atom is 0.255 e. The molecular formula is C27H25N3O4. The van der Waals surface area contributed by atoms with Crippen LogP contribution in [0, 0.1) is 0 Å². The first-order valence-corrected chi connectivity index (χ1v) is 11.0. The van der Waals surface area contributed by atoms with Crippen LogP contribution in [0.4, 0.5) is 17.1 Å². The molecule has 1 atom stereocenters. The Labute approximate surface area is 196 Å². The van der Waals surface area contributed by atoms with E-state index in [9.17, 15) is 19.5 Å². The summed E-state index contributed by atoms with van der Waals surface area (Å²) in [5.41, 5.74) is 1.43. The van der Waals surface area contributed by atoms with Crippen LogP contribution in [0.5, 0.6) is 5.75 Å². The normalized spacial score (nSPS) is 11.7. The van der Waals surface area contributed by atoms with Gasteiger partial charge in [0.05, 0.1) is 17.3 Å². The van der Waals surface area contributed by atoms with E-state index in [0.717, 1.165) is 11.1 Å². The summed E-state index contributed by atoms with van der Waals surface area (Å²) in [6, 6.07) is 21.9. The predicted octanol–water partition coefficient (Wildman–Crippen LogP) is 4.32. The van der Waals surface area contributed by atoms with Crippen molar-refractivity contribution in [3.05, 3.63) is 104 Å². The first-order valence-electron chi connectivity index (χ1n) is 11.0. The number of hydrogen-bond acceptors (Lipinski definition) is 6. The topological polar surface area (TPSA) is 108 Å². The van der Waals surface area contributed by atoms with Gasteiger partial charge in [0.1, 0.15) is 11.4 Å². The standard InChI is InChI=1S/C27H25N3O4/c1-3-19(17-12-8-5-9-13-17)29-22-23(26(33)25(22)32)30-20-15-14-18(16-10-6-4-7-11-16)21(24(20)31)27(34)28-2/h4-15,19,29-31H,3H2,1-2H3,(H,28,34)/t19-/m1/s1. The Balaban J connectivity index is 1.70. The van der Waals surface area contributed by atoms with Crippen LogP contribution in [0.1, 0.15) is 35.3 Å². The molecule has 1 amide bonds. The van der Waals surface area contributed by atoms with Crippen molar-refractivity contribution in [1.82, 2.24) is 5.32 Å². The van der Waals surface area contributed by atoms with Gasteiger partial charge in [0.25, 0.3) is 16.8 Å². The third-order valence-electron chi connectivity index (χ3n) is 5.82. The summed E-state index contributed by atoms with van der Waals surface area (Å²) in [6.07, 6.45) is 0.695. The van der Waals surface area contributed by atoms with E-state index in [1.54, 1.807) is 12.1 Å². The average molecular weight is 456 g/mol. The molecule has 0 heterocycles. The highest BCUT2D eigenvalue weighted by atomic mass is 16.3. The molecule has 0 spiro atoms. The van der Waals surface area contributed by atoms with Gasteiger partial charge in [-0.2, -0.15) is 0 Å². The van der Waals surface area contributed by atoms with E-state index < -0.39 is 16.8 Å². The van der Waals surface area contributed by atoms with Crippen molar-refractivity contribution in [3.63, 3.8) is 0 Å². The molecule has 7 nitrogen and oxygen atoms in total. The van der Waals surface area contributed by atoms with Crippen LogP contribution < -0.4 is 26.8 Å². The van der Waals surface area contributed by atoms with Crippen molar-refractivity contribution >= 4 is 23.0 Å². The number of amides is 1. The zero-order chi connectivity index (χ0) is 24.2. The van der Waals surface area contributed by atoms with Crippen LogP contribution in [-0.2, 0) is 0 Å². The molecule has 0 bridgehead atoms. The van der Waals surface area contributed by atoms with Gasteiger partial charge in [-0.1, -0.05) is 73.7 Å². The molecule has 0 unspecified atom stereocenters. The fraction of sp³-hybridized carbons (Fsp3) is 0.148. The summed E-state index contributed by atoms with van der Waals surface area (Å²) in [7, 11) is 1.48. The molecule has 4 rings (SSSR count). The second kappa shape index (κ2) is 9.62. The molecule has 7 heteroatoms. The van der Waals surface area contributed by atoms with Gasteiger partial charge in [-0.3, -0.25) is 14.4 Å². The van der Waals surface area contributed by atoms with Crippen molar-refractivity contribution in [2.45, 2.75) is 19.4 Å². The van der Waals surface area contributed by atoms with E-state index in [1.807, 2.05) is 67.6 Å². The first-order chi connectivity index (χ1) is 16.5. The third-order valence-corrected chi connectivity index (χ3v) is 5.82. The minimum Gasteiger partial charge on any atom is -0.505 e. The van der Waals surface area contributed by atoms with Crippen LogP contribution in [0.2, 0.25) is 0 Å². The SMILES string of the molecule is CC[C@@H](Nc1c(Nc2ccc(-c3ccccc3)c(C(=O)NC)c2O)c(=O)c1=O)c1ccccc1. The van der Waals surface area contributed by atoms with Crippen molar-refractivity contribution in [2.24, 2.45) is 0 Å². The summed E-state index contributed by atoms with van der Waals surface area (Å²) >= 11 is 0. The number of phenols is 1. The number of hydrogen-bond donors (Lipinski definition) is 4. The molecule has 0 aliphatic heterocycles. The Bertz CT molecular complexity index is 1390. The van der Waals surface area contributed by atoms with E-state index in [1.165, 1.54) is 7.05 Å². The minimum atomic E-state index is -0.682. The number of carbonyl (C=O) groups excluding carboxylic acids is 1. The monoisotopic (exact) mass is 455 g/mol. The summed E-state index contributed by atoms with van der Waals surface area (Å²) in [5.74, 6) is -0.784. The van der Waals surface area contributed by atoms with Crippen LogP contribution in [0.3, 0.4) is 0 Å². The Morgan fingerprint density at radius 3 is 2.12 bits per heavy atom. The van der Waals surface area contributed by atoms with E-state index >= 15 is 0 Å². The van der Waals surface area contributed by atoms with Crippen LogP contribution in [-0.4, -0.2) is 18.1 Å². The largest absolute Gasteiger partial charge is 0.505 e. The average Bonchev–Trinajstić information content (AvgIpc) is 2.89. The molecule has 0 saturated heterocycles. The van der Waals surface area contributed by atoms with E-state index in [4.69, 9.17) is 0 Å². The summed E-state index contributed by atoms with van der Waals surface area (Å²) in [5, 5.41) is 19.6. The molecule has 0 radical (unpaired) electrons. The molecule has 0 aliphatic rings. The Morgan fingerprint density at radius 2 is 1.50 bits per heavy atom. The summed E-state index contributed by atoms with van der Waals surface area (Å²) in [4.78, 5) is 37.4. The third kappa shape index (κ3) is 4.15. The van der Waals surface area contributed by atoms with Crippen molar-refractivity contribution in [1.29, 1.82) is 0 Å². The fourth-order valence-electron chi connectivity index (χ4n) is 3.97. The second-order valence-corrected chi connectivity index (χ2v) is 7.88. The molecule has 34 heavy (non-hydrogen) atoms. The van der Waals surface area contributed by atoms with Gasteiger partial charge in [-0.05, 0) is 29.2 Å². The molecule has 172 valence electrons. The zero-order valence-electron chi connectivity index (χ0n) is 18.9. The molecule has 0 fully saturated rings. The highest BCUT2D eigenvalue weighted by molar-refractivity contribution is 6.05. The van der Waals surface area contributed by atoms with Gasteiger partial charge in [-0.15, -0.1) is 0 Å². The van der Waals surface area contributed by atoms with Crippen LogP contribution in [0.15, 0.2) is 82.4 Å². The molecule has 0 saturated carbocycles. The van der Waals surface area contributed by atoms with Crippen molar-refractivity contribution < 1.29 is 9.90 Å². The smallest absolute Gasteiger partial charge is 0.255 e. The number of carbonyl (C=O) groups is 1. The van der Waals surface area contributed by atoms with Gasteiger partial charge in [-0.25, -0.2) is 0 Å². The lowest BCUT2D eigenvalue weighted by atomic mass is 9.97. The maximum atomic E-state index is 12.6. The number of rotatable bonds is 8. The molecule has 4 aromatic rings. The molecule has 4 N–H and O–H groups in total. The van der Waals surface area contributed by atoms with Gasteiger partial charge >= 0.3 is 0 Å². The second-order valence-electron chi connectivity index (χ2n) is 7.88. The lowest BCUT2D eigenvalue weighted by Gasteiger charge is -2.22. The number of benzene rings is 3. The van der Waals surface area contributed by atoms with E-state index in [2.05, 4.69) is 16.0 Å². The van der Waals surface area contributed by atoms with Crippen molar-refractivity contribution in [3.8, 4) is 16.9 Å². The predicted molar refractivity (Wildman–Crippen MR) is 135 cm³/mol. The number of aromatic hydroxyl groups is 1. The number of anilines is 3. The van der Waals surface area contributed by atoms with Gasteiger partial charge in [0.15, 0.2) is 5.75 Å². The maximum absolute atomic E-state index is 12.6. The molecular weight excluding hydrogens is 430 g/mol.